The number of piperidine rings is 1. The molecule has 0 aromatic heterocycles. The van der Waals surface area contributed by atoms with Crippen molar-refractivity contribution in [3.8, 4) is 0 Å². The van der Waals surface area contributed by atoms with Crippen molar-refractivity contribution in [1.82, 2.24) is 15.5 Å². The molecular formula is C20H32BrIN4O. The van der Waals surface area contributed by atoms with Gasteiger partial charge in [0, 0.05) is 50.3 Å². The standard InChI is InChI=1S/C20H31BrN4O.HI/c1-15-11-18(21)4-3-17(15)12-23-20(22-2)24-19-5-8-25(9-6-19)13-16-7-10-26-14-16;/h3-4,11,16,19H,5-10,12-14H2,1-2H3,(H2,22,23,24);1H. The molecule has 1 aromatic rings. The van der Waals surface area contributed by atoms with E-state index in [9.17, 15) is 0 Å². The number of nitrogens with one attached hydrogen (secondary N) is 2. The average molecular weight is 551 g/mol. The second kappa shape index (κ2) is 11.6. The summed E-state index contributed by atoms with van der Waals surface area (Å²) in [6, 6.07) is 6.90. The second-order valence-electron chi connectivity index (χ2n) is 7.45. The number of halogens is 2. The highest BCUT2D eigenvalue weighted by Gasteiger charge is 2.24. The smallest absolute Gasteiger partial charge is 0.191 e. The summed E-state index contributed by atoms with van der Waals surface area (Å²) >= 11 is 3.52. The molecule has 1 aromatic carbocycles. The summed E-state index contributed by atoms with van der Waals surface area (Å²) in [7, 11) is 1.85. The number of nitrogens with zero attached hydrogens (tertiary/aromatic N) is 2. The van der Waals surface area contributed by atoms with Crippen LogP contribution in [0.15, 0.2) is 27.7 Å². The molecule has 27 heavy (non-hydrogen) atoms. The molecule has 0 radical (unpaired) electrons. The zero-order valence-corrected chi connectivity index (χ0v) is 20.3. The van der Waals surface area contributed by atoms with Crippen molar-refractivity contribution in [2.75, 3.05) is 39.9 Å². The first-order valence-electron chi connectivity index (χ1n) is 9.66. The average Bonchev–Trinajstić information content (AvgIpc) is 3.14. The van der Waals surface area contributed by atoms with Gasteiger partial charge in [0.25, 0.3) is 0 Å². The molecule has 2 saturated heterocycles. The van der Waals surface area contributed by atoms with Crippen LogP contribution in [-0.4, -0.2) is 56.8 Å². The molecule has 0 aliphatic carbocycles. The zero-order valence-electron chi connectivity index (χ0n) is 16.3. The Kier molecular flexibility index (Phi) is 9.82. The number of likely N-dealkylation sites (tertiary alicyclic amines) is 1. The van der Waals surface area contributed by atoms with Crippen molar-refractivity contribution < 1.29 is 4.74 Å². The monoisotopic (exact) mass is 550 g/mol. The second-order valence-corrected chi connectivity index (χ2v) is 8.36. The van der Waals surface area contributed by atoms with Crippen LogP contribution >= 0.6 is 39.9 Å². The SMILES string of the molecule is CN=C(NCc1ccc(Br)cc1C)NC1CCN(CC2CCOC2)CC1.I. The van der Waals surface area contributed by atoms with Gasteiger partial charge in [-0.05, 0) is 55.4 Å². The Hall–Kier alpha value is -0.380. The van der Waals surface area contributed by atoms with E-state index in [2.05, 4.69) is 61.6 Å². The number of hydrogen-bond acceptors (Lipinski definition) is 3. The van der Waals surface area contributed by atoms with E-state index in [-0.39, 0.29) is 24.0 Å². The summed E-state index contributed by atoms with van der Waals surface area (Å²) in [5.74, 6) is 1.64. The van der Waals surface area contributed by atoms with Crippen LogP contribution in [0.3, 0.4) is 0 Å². The third kappa shape index (κ3) is 7.18. The summed E-state index contributed by atoms with van der Waals surface area (Å²) in [6.45, 7) is 8.35. The highest BCUT2D eigenvalue weighted by molar-refractivity contribution is 14.0. The fraction of sp³-hybridized carbons (Fsp3) is 0.650. The van der Waals surface area contributed by atoms with Crippen LogP contribution in [0, 0.1) is 12.8 Å². The first kappa shape index (κ1) is 22.9. The highest BCUT2D eigenvalue weighted by atomic mass is 127. The molecule has 2 heterocycles. The Morgan fingerprint density at radius 2 is 2.07 bits per heavy atom. The van der Waals surface area contributed by atoms with Gasteiger partial charge in [0.05, 0.1) is 6.61 Å². The van der Waals surface area contributed by atoms with Gasteiger partial charge in [-0.2, -0.15) is 0 Å². The summed E-state index contributed by atoms with van der Waals surface area (Å²) in [5.41, 5.74) is 2.58. The maximum absolute atomic E-state index is 5.50. The third-order valence-electron chi connectivity index (χ3n) is 5.44. The summed E-state index contributed by atoms with van der Waals surface area (Å²) in [5, 5.41) is 7.06. The summed E-state index contributed by atoms with van der Waals surface area (Å²) in [6.07, 6.45) is 3.57. The third-order valence-corrected chi connectivity index (χ3v) is 5.94. The van der Waals surface area contributed by atoms with E-state index in [1.165, 1.54) is 36.9 Å². The van der Waals surface area contributed by atoms with Crippen LogP contribution in [0.1, 0.15) is 30.4 Å². The van der Waals surface area contributed by atoms with Crippen molar-refractivity contribution in [3.05, 3.63) is 33.8 Å². The predicted molar refractivity (Wildman–Crippen MR) is 126 cm³/mol. The minimum atomic E-state index is 0. The quantitative estimate of drug-likeness (QED) is 0.334. The maximum atomic E-state index is 5.50. The fourth-order valence-electron chi connectivity index (χ4n) is 3.78. The zero-order chi connectivity index (χ0) is 18.4. The molecule has 2 N–H and O–H groups in total. The predicted octanol–water partition coefficient (Wildman–Crippen LogP) is 3.54. The van der Waals surface area contributed by atoms with E-state index in [1.807, 2.05) is 7.05 Å². The molecule has 2 aliphatic heterocycles. The largest absolute Gasteiger partial charge is 0.381 e. The molecule has 1 unspecified atom stereocenters. The fourth-order valence-corrected chi connectivity index (χ4v) is 4.25. The van der Waals surface area contributed by atoms with E-state index in [0.717, 1.165) is 49.2 Å². The van der Waals surface area contributed by atoms with Crippen molar-refractivity contribution in [2.45, 2.75) is 38.8 Å². The molecule has 1 atom stereocenters. The Bertz CT molecular complexity index is 614. The number of rotatable bonds is 5. The van der Waals surface area contributed by atoms with Gasteiger partial charge >= 0.3 is 0 Å². The van der Waals surface area contributed by atoms with Gasteiger partial charge in [-0.1, -0.05) is 22.0 Å². The van der Waals surface area contributed by atoms with Crippen LogP contribution in [0.4, 0.5) is 0 Å². The van der Waals surface area contributed by atoms with E-state index in [4.69, 9.17) is 4.74 Å². The Labute approximate surface area is 188 Å². The lowest BCUT2D eigenvalue weighted by atomic mass is 10.0. The molecule has 0 spiro atoms. The molecule has 5 nitrogen and oxygen atoms in total. The lowest BCUT2D eigenvalue weighted by molar-refractivity contribution is 0.150. The Balaban J connectivity index is 0.00000261. The molecule has 2 fully saturated rings. The first-order valence-corrected chi connectivity index (χ1v) is 10.5. The van der Waals surface area contributed by atoms with Gasteiger partial charge in [0.2, 0.25) is 0 Å². The Morgan fingerprint density at radius 1 is 1.30 bits per heavy atom. The number of guanidine groups is 1. The van der Waals surface area contributed by atoms with Crippen LogP contribution < -0.4 is 10.6 Å². The molecule has 0 bridgehead atoms. The van der Waals surface area contributed by atoms with Gasteiger partial charge in [0.15, 0.2) is 5.96 Å². The van der Waals surface area contributed by atoms with Crippen molar-refractivity contribution in [2.24, 2.45) is 10.9 Å². The molecule has 0 saturated carbocycles. The molecule has 0 amide bonds. The topological polar surface area (TPSA) is 48.9 Å². The summed E-state index contributed by atoms with van der Waals surface area (Å²) in [4.78, 5) is 7.00. The first-order chi connectivity index (χ1) is 12.6. The van der Waals surface area contributed by atoms with Crippen molar-refractivity contribution in [1.29, 1.82) is 0 Å². The molecule has 3 rings (SSSR count). The van der Waals surface area contributed by atoms with Crippen molar-refractivity contribution in [3.63, 3.8) is 0 Å². The Morgan fingerprint density at radius 3 is 2.70 bits per heavy atom. The number of hydrogen-bond donors (Lipinski definition) is 2. The van der Waals surface area contributed by atoms with Gasteiger partial charge < -0.3 is 20.3 Å². The van der Waals surface area contributed by atoms with E-state index < -0.39 is 0 Å². The van der Waals surface area contributed by atoms with Crippen LogP contribution in [0.2, 0.25) is 0 Å². The lowest BCUT2D eigenvalue weighted by Gasteiger charge is -2.34. The van der Waals surface area contributed by atoms with Crippen molar-refractivity contribution >= 4 is 45.9 Å². The van der Waals surface area contributed by atoms with E-state index in [0.29, 0.717) is 6.04 Å². The molecule has 2 aliphatic rings. The molecule has 152 valence electrons. The van der Waals surface area contributed by atoms with E-state index >= 15 is 0 Å². The number of aryl methyl sites for hydroxylation is 1. The normalized spacial score (nSPS) is 21.7. The highest BCUT2D eigenvalue weighted by Crippen LogP contribution is 2.18. The minimum absolute atomic E-state index is 0. The number of aliphatic imine (C=N–C) groups is 1. The van der Waals surface area contributed by atoms with Gasteiger partial charge in [-0.15, -0.1) is 24.0 Å². The van der Waals surface area contributed by atoms with Gasteiger partial charge in [-0.3, -0.25) is 4.99 Å². The molecule has 7 heteroatoms. The molecular weight excluding hydrogens is 519 g/mol. The summed E-state index contributed by atoms with van der Waals surface area (Å²) < 4.78 is 6.62. The lowest BCUT2D eigenvalue weighted by Crippen LogP contribution is -2.49. The van der Waals surface area contributed by atoms with Crippen LogP contribution in [0.5, 0.6) is 0 Å². The number of benzene rings is 1. The maximum Gasteiger partial charge on any atom is 0.191 e. The van der Waals surface area contributed by atoms with Crippen LogP contribution in [-0.2, 0) is 11.3 Å². The van der Waals surface area contributed by atoms with Crippen LogP contribution in [0.25, 0.3) is 0 Å². The van der Waals surface area contributed by atoms with E-state index in [1.54, 1.807) is 0 Å². The van der Waals surface area contributed by atoms with Gasteiger partial charge in [0.1, 0.15) is 0 Å². The van der Waals surface area contributed by atoms with Gasteiger partial charge in [-0.25, -0.2) is 0 Å². The number of ether oxygens (including phenoxy) is 1. The minimum Gasteiger partial charge on any atom is -0.381 e.